The molecular formula is C31H64. The van der Waals surface area contributed by atoms with Crippen molar-refractivity contribution >= 4 is 0 Å². The molecule has 1 unspecified atom stereocenters. The van der Waals surface area contributed by atoms with Crippen LogP contribution in [0.25, 0.3) is 0 Å². The molecule has 0 saturated heterocycles. The van der Waals surface area contributed by atoms with Crippen molar-refractivity contribution in [3.8, 4) is 0 Å². The maximum atomic E-state index is 2.57. The van der Waals surface area contributed by atoms with Crippen LogP contribution >= 0.6 is 0 Å². The van der Waals surface area contributed by atoms with Gasteiger partial charge in [0.05, 0.1) is 0 Å². The molecule has 0 N–H and O–H groups in total. The van der Waals surface area contributed by atoms with Crippen molar-refractivity contribution < 1.29 is 0 Å². The number of hydrogen-bond donors (Lipinski definition) is 0. The summed E-state index contributed by atoms with van der Waals surface area (Å²) in [6, 6.07) is 0. The zero-order valence-electron chi connectivity index (χ0n) is 25.3. The van der Waals surface area contributed by atoms with Crippen LogP contribution in [0.1, 0.15) is 150 Å². The Morgan fingerprint density at radius 1 is 0.452 bits per heavy atom. The summed E-state index contributed by atoms with van der Waals surface area (Å²) in [5.41, 5.74) is 2.19. The van der Waals surface area contributed by atoms with Gasteiger partial charge in [-0.15, -0.1) is 0 Å². The van der Waals surface area contributed by atoms with Crippen LogP contribution in [0, 0.1) is 50.2 Å². The Hall–Kier alpha value is 0. The molecule has 0 aliphatic rings. The van der Waals surface area contributed by atoms with Crippen molar-refractivity contribution in [2.45, 2.75) is 150 Å². The molecule has 0 spiro atoms. The summed E-state index contributed by atoms with van der Waals surface area (Å²) >= 11 is 0. The standard InChI is InChI=1S/C31H64/c1-23(2)25(31(16,17)22-28(9,10)11)24(18-29(12,13)20-26(3,4)5)19-30(14,15)21-27(6,7)8/h23-25H,18-22H2,1-17H3. The Morgan fingerprint density at radius 2 is 0.742 bits per heavy atom. The largest absolute Gasteiger partial charge is 0.0625 e. The first-order chi connectivity index (χ1) is 13.3. The Morgan fingerprint density at radius 3 is 0.968 bits per heavy atom. The molecule has 31 heavy (non-hydrogen) atoms. The van der Waals surface area contributed by atoms with Gasteiger partial charge in [0.2, 0.25) is 0 Å². The predicted molar refractivity (Wildman–Crippen MR) is 145 cm³/mol. The van der Waals surface area contributed by atoms with Crippen molar-refractivity contribution in [2.24, 2.45) is 50.2 Å². The van der Waals surface area contributed by atoms with E-state index in [2.05, 4.69) is 118 Å². The van der Waals surface area contributed by atoms with Crippen LogP contribution < -0.4 is 0 Å². The zero-order chi connectivity index (χ0) is 25.3. The molecule has 0 aliphatic heterocycles. The van der Waals surface area contributed by atoms with Crippen LogP contribution in [-0.4, -0.2) is 0 Å². The highest BCUT2D eigenvalue weighted by atomic mass is 14.5. The van der Waals surface area contributed by atoms with E-state index < -0.39 is 0 Å². The molecule has 0 aliphatic carbocycles. The lowest BCUT2D eigenvalue weighted by Crippen LogP contribution is -2.41. The predicted octanol–water partition coefficient (Wildman–Crippen LogP) is 11.0. The van der Waals surface area contributed by atoms with Crippen LogP contribution in [-0.2, 0) is 0 Å². The molecule has 0 heteroatoms. The van der Waals surface area contributed by atoms with E-state index in [1.54, 1.807) is 0 Å². The minimum absolute atomic E-state index is 0.340. The highest BCUT2D eigenvalue weighted by molar-refractivity contribution is 4.94. The van der Waals surface area contributed by atoms with Crippen molar-refractivity contribution in [3.05, 3.63) is 0 Å². The zero-order valence-corrected chi connectivity index (χ0v) is 25.3. The highest BCUT2D eigenvalue weighted by Crippen LogP contribution is 2.53. The minimum atomic E-state index is 0.340. The van der Waals surface area contributed by atoms with Gasteiger partial charge in [-0.2, -0.15) is 0 Å². The Kier molecular flexibility index (Phi) is 10.1. The number of rotatable bonds is 10. The van der Waals surface area contributed by atoms with Gasteiger partial charge < -0.3 is 0 Å². The lowest BCUT2D eigenvalue weighted by atomic mass is 9.55. The molecule has 1 atom stereocenters. The quantitative estimate of drug-likeness (QED) is 0.319. The van der Waals surface area contributed by atoms with E-state index in [4.69, 9.17) is 0 Å². The summed E-state index contributed by atoms with van der Waals surface area (Å²) < 4.78 is 0. The third-order valence-electron chi connectivity index (χ3n) is 6.76. The molecule has 0 rings (SSSR count). The highest BCUT2D eigenvalue weighted by Gasteiger charge is 2.44. The maximum absolute atomic E-state index is 2.57. The lowest BCUT2D eigenvalue weighted by Gasteiger charge is -2.50. The van der Waals surface area contributed by atoms with E-state index in [1.165, 1.54) is 32.1 Å². The average molecular weight is 437 g/mol. The van der Waals surface area contributed by atoms with Crippen LogP contribution in [0.4, 0.5) is 0 Å². The second-order valence-electron chi connectivity index (χ2n) is 17.5. The van der Waals surface area contributed by atoms with E-state index in [-0.39, 0.29) is 0 Å². The molecular weight excluding hydrogens is 372 g/mol. The Balaban J connectivity index is 6.22. The summed E-state index contributed by atoms with van der Waals surface area (Å²) in [4.78, 5) is 0. The van der Waals surface area contributed by atoms with Gasteiger partial charge in [0, 0.05) is 0 Å². The average Bonchev–Trinajstić information content (AvgIpc) is 2.24. The van der Waals surface area contributed by atoms with E-state index in [9.17, 15) is 0 Å². The monoisotopic (exact) mass is 437 g/mol. The molecule has 0 amide bonds. The van der Waals surface area contributed by atoms with Gasteiger partial charge in [-0.1, -0.05) is 118 Å². The Labute approximate surface area is 200 Å². The fourth-order valence-corrected chi connectivity index (χ4v) is 8.33. The van der Waals surface area contributed by atoms with Crippen LogP contribution in [0.3, 0.4) is 0 Å². The summed E-state index contributed by atoms with van der Waals surface area (Å²) in [6.07, 6.45) is 6.56. The second kappa shape index (κ2) is 10.1. The molecule has 0 aromatic rings. The van der Waals surface area contributed by atoms with Gasteiger partial charge in [-0.05, 0) is 82.3 Å². The van der Waals surface area contributed by atoms with E-state index >= 15 is 0 Å². The summed E-state index contributed by atoms with van der Waals surface area (Å²) in [5, 5.41) is 0. The first-order valence-corrected chi connectivity index (χ1v) is 13.3. The van der Waals surface area contributed by atoms with Crippen molar-refractivity contribution in [2.75, 3.05) is 0 Å². The van der Waals surface area contributed by atoms with E-state index in [1.807, 2.05) is 0 Å². The second-order valence-corrected chi connectivity index (χ2v) is 17.5. The lowest BCUT2D eigenvalue weighted by molar-refractivity contribution is -0.000545. The Bertz CT molecular complexity index is 492. The van der Waals surface area contributed by atoms with E-state index in [0.717, 1.165) is 11.8 Å². The minimum Gasteiger partial charge on any atom is -0.0625 e. The van der Waals surface area contributed by atoms with Gasteiger partial charge >= 0.3 is 0 Å². The van der Waals surface area contributed by atoms with Crippen LogP contribution in [0.2, 0.25) is 0 Å². The van der Waals surface area contributed by atoms with Gasteiger partial charge in [0.1, 0.15) is 0 Å². The molecule has 0 saturated carbocycles. The summed E-state index contributed by atoms with van der Waals surface area (Å²) in [7, 11) is 0. The first kappa shape index (κ1) is 31.0. The molecule has 0 aromatic heterocycles. The molecule has 0 fully saturated rings. The summed E-state index contributed by atoms with van der Waals surface area (Å²) in [6.45, 7) is 42.0. The van der Waals surface area contributed by atoms with Gasteiger partial charge in [0.25, 0.3) is 0 Å². The molecule has 0 nitrogen and oxygen atoms in total. The van der Waals surface area contributed by atoms with Crippen molar-refractivity contribution in [1.82, 2.24) is 0 Å². The molecule has 188 valence electrons. The topological polar surface area (TPSA) is 0 Å². The third-order valence-corrected chi connectivity index (χ3v) is 6.76. The molecule has 0 heterocycles. The van der Waals surface area contributed by atoms with Gasteiger partial charge in [0.15, 0.2) is 0 Å². The van der Waals surface area contributed by atoms with Crippen LogP contribution in [0.15, 0.2) is 0 Å². The maximum Gasteiger partial charge on any atom is -0.0311 e. The van der Waals surface area contributed by atoms with Crippen molar-refractivity contribution in [3.63, 3.8) is 0 Å². The first-order valence-electron chi connectivity index (χ1n) is 13.3. The van der Waals surface area contributed by atoms with Gasteiger partial charge in [-0.25, -0.2) is 0 Å². The summed E-state index contributed by atoms with van der Waals surface area (Å²) in [5.74, 6) is 2.20. The fraction of sp³-hybridized carbons (Fsp3) is 1.00. The van der Waals surface area contributed by atoms with Gasteiger partial charge in [-0.3, -0.25) is 0 Å². The molecule has 0 radical (unpaired) electrons. The van der Waals surface area contributed by atoms with Crippen molar-refractivity contribution in [1.29, 1.82) is 0 Å². The molecule has 0 bridgehead atoms. The SMILES string of the molecule is CC(C)C(C(CC(C)(C)CC(C)(C)C)CC(C)(C)CC(C)(C)C)C(C)(C)CC(C)(C)C. The molecule has 0 aromatic carbocycles. The third kappa shape index (κ3) is 13.3. The normalized spacial score (nSPS) is 16.4. The fourth-order valence-electron chi connectivity index (χ4n) is 8.33. The number of hydrogen-bond acceptors (Lipinski definition) is 0. The van der Waals surface area contributed by atoms with Crippen LogP contribution in [0.5, 0.6) is 0 Å². The smallest absolute Gasteiger partial charge is 0.0311 e. The van der Waals surface area contributed by atoms with E-state index in [0.29, 0.717) is 38.4 Å².